The molecule has 0 aliphatic heterocycles. The summed E-state index contributed by atoms with van der Waals surface area (Å²) < 4.78 is 5.14. The van der Waals surface area contributed by atoms with Crippen molar-refractivity contribution in [3.05, 3.63) is 17.9 Å². The van der Waals surface area contributed by atoms with Crippen molar-refractivity contribution in [2.75, 3.05) is 18.1 Å². The van der Waals surface area contributed by atoms with Gasteiger partial charge in [-0.15, -0.1) is 0 Å². The molecule has 0 saturated carbocycles. The average Bonchev–Trinajstić information content (AvgIpc) is 2.62. The molecule has 0 atom stereocenters. The van der Waals surface area contributed by atoms with Gasteiger partial charge in [0.2, 0.25) is 5.76 Å². The van der Waals surface area contributed by atoms with Crippen molar-refractivity contribution in [1.82, 2.24) is 0 Å². The molecule has 0 saturated heterocycles. The third-order valence-corrected chi connectivity index (χ3v) is 2.05. The lowest BCUT2D eigenvalue weighted by Crippen LogP contribution is -2.33. The van der Waals surface area contributed by atoms with Crippen molar-refractivity contribution in [3.8, 4) is 0 Å². The summed E-state index contributed by atoms with van der Waals surface area (Å²) in [5, 5.41) is 17.5. The van der Waals surface area contributed by atoms with Crippen molar-refractivity contribution < 1.29 is 19.4 Å². The number of rotatable bonds is 5. The first-order valence-electron chi connectivity index (χ1n) is 4.77. The minimum Gasteiger partial charge on any atom is -0.475 e. The highest BCUT2D eigenvalue weighted by molar-refractivity contribution is 5.84. The normalized spacial score (nSPS) is 10.7. The van der Waals surface area contributed by atoms with Crippen LogP contribution in [0.3, 0.4) is 0 Å². The number of anilines is 1. The van der Waals surface area contributed by atoms with Crippen molar-refractivity contribution in [2.45, 2.75) is 19.9 Å². The van der Waals surface area contributed by atoms with E-state index >= 15 is 0 Å². The van der Waals surface area contributed by atoms with Gasteiger partial charge in [-0.3, -0.25) is 0 Å². The topological polar surface area (TPSA) is 73.9 Å². The molecule has 0 spiro atoms. The van der Waals surface area contributed by atoms with Gasteiger partial charge in [0.25, 0.3) is 0 Å². The molecule has 1 aromatic heterocycles. The van der Waals surface area contributed by atoms with Crippen LogP contribution in [0.2, 0.25) is 0 Å². The molecule has 0 radical (unpaired) electrons. The summed E-state index contributed by atoms with van der Waals surface area (Å²) in [5.41, 5.74) is 0. The van der Waals surface area contributed by atoms with Crippen molar-refractivity contribution >= 4 is 11.9 Å². The molecule has 0 amide bonds. The smallest absolute Gasteiger partial charge is 0.371 e. The summed E-state index contributed by atoms with van der Waals surface area (Å²) in [6.07, 6.45) is 0. The standard InChI is InChI=1S/C10H15NO4/c1-7(2)11(5-6-12)9-4-3-8(15-9)10(13)14/h3-4,7,12H,5-6H2,1-2H3,(H,13,14). The maximum absolute atomic E-state index is 10.6. The van der Waals surface area contributed by atoms with Crippen LogP contribution in [-0.4, -0.2) is 35.4 Å². The number of carbonyl (C=O) groups is 1. The minimum absolute atomic E-state index is 0.00127. The number of carboxylic acid groups (broad SMARTS) is 1. The zero-order valence-corrected chi connectivity index (χ0v) is 8.80. The molecule has 5 nitrogen and oxygen atoms in total. The van der Waals surface area contributed by atoms with Crippen LogP contribution in [0.25, 0.3) is 0 Å². The molecule has 15 heavy (non-hydrogen) atoms. The molecule has 2 N–H and O–H groups in total. The van der Waals surface area contributed by atoms with Crippen LogP contribution in [0.5, 0.6) is 0 Å². The number of carboxylic acids is 1. The Labute approximate surface area is 87.9 Å². The Balaban J connectivity index is 2.86. The SMILES string of the molecule is CC(C)N(CCO)c1ccc(C(=O)O)o1. The second-order valence-electron chi connectivity index (χ2n) is 3.45. The highest BCUT2D eigenvalue weighted by Crippen LogP contribution is 2.20. The number of hydrogen-bond donors (Lipinski definition) is 2. The molecule has 0 aliphatic rings. The van der Waals surface area contributed by atoms with Crippen LogP contribution in [-0.2, 0) is 0 Å². The number of aliphatic hydroxyl groups excluding tert-OH is 1. The Kier molecular flexibility index (Phi) is 3.74. The summed E-state index contributed by atoms with van der Waals surface area (Å²) in [6, 6.07) is 3.15. The fraction of sp³-hybridized carbons (Fsp3) is 0.500. The van der Waals surface area contributed by atoms with Gasteiger partial charge in [0.1, 0.15) is 0 Å². The predicted molar refractivity (Wildman–Crippen MR) is 55.2 cm³/mol. The van der Waals surface area contributed by atoms with Crippen LogP contribution in [0.15, 0.2) is 16.5 Å². The molecule has 5 heteroatoms. The van der Waals surface area contributed by atoms with Crippen LogP contribution >= 0.6 is 0 Å². The second kappa shape index (κ2) is 4.84. The average molecular weight is 213 g/mol. The van der Waals surface area contributed by atoms with E-state index < -0.39 is 5.97 Å². The molecule has 0 aromatic carbocycles. The Hall–Kier alpha value is -1.49. The van der Waals surface area contributed by atoms with Crippen LogP contribution in [0.4, 0.5) is 5.88 Å². The van der Waals surface area contributed by atoms with Gasteiger partial charge in [0.05, 0.1) is 6.61 Å². The first-order chi connectivity index (χ1) is 7.06. The second-order valence-corrected chi connectivity index (χ2v) is 3.45. The van der Waals surface area contributed by atoms with Gasteiger partial charge in [-0.2, -0.15) is 0 Å². The van der Waals surface area contributed by atoms with Crippen LogP contribution in [0, 0.1) is 0 Å². The zero-order valence-electron chi connectivity index (χ0n) is 8.80. The van der Waals surface area contributed by atoms with Gasteiger partial charge in [-0.05, 0) is 19.9 Å². The number of aromatic carboxylic acids is 1. The van der Waals surface area contributed by atoms with Gasteiger partial charge < -0.3 is 19.5 Å². The van der Waals surface area contributed by atoms with Crippen LogP contribution in [0.1, 0.15) is 24.4 Å². The lowest BCUT2D eigenvalue weighted by molar-refractivity contribution is 0.0663. The molecule has 1 heterocycles. The zero-order chi connectivity index (χ0) is 11.4. The third-order valence-electron chi connectivity index (χ3n) is 2.05. The van der Waals surface area contributed by atoms with Gasteiger partial charge >= 0.3 is 5.97 Å². The van der Waals surface area contributed by atoms with E-state index in [1.165, 1.54) is 6.07 Å². The largest absolute Gasteiger partial charge is 0.475 e. The quantitative estimate of drug-likeness (QED) is 0.768. The number of hydrogen-bond acceptors (Lipinski definition) is 4. The Bertz CT molecular complexity index is 332. The van der Waals surface area contributed by atoms with Crippen molar-refractivity contribution in [1.29, 1.82) is 0 Å². The summed E-state index contributed by atoms with van der Waals surface area (Å²) in [6.45, 7) is 4.31. The summed E-state index contributed by atoms with van der Waals surface area (Å²) in [4.78, 5) is 12.4. The molecular formula is C10H15NO4. The van der Waals surface area contributed by atoms with E-state index in [0.717, 1.165) is 0 Å². The first kappa shape index (κ1) is 11.6. The van der Waals surface area contributed by atoms with E-state index in [0.29, 0.717) is 12.4 Å². The van der Waals surface area contributed by atoms with E-state index in [9.17, 15) is 4.79 Å². The predicted octanol–water partition coefficient (Wildman–Crippen LogP) is 1.18. The lowest BCUT2D eigenvalue weighted by Gasteiger charge is -2.24. The molecule has 0 unspecified atom stereocenters. The van der Waals surface area contributed by atoms with E-state index in [1.54, 1.807) is 11.0 Å². The van der Waals surface area contributed by atoms with Gasteiger partial charge in [-0.1, -0.05) is 0 Å². The maximum Gasteiger partial charge on any atom is 0.371 e. The van der Waals surface area contributed by atoms with Crippen molar-refractivity contribution in [3.63, 3.8) is 0 Å². The minimum atomic E-state index is -1.09. The number of nitrogens with zero attached hydrogens (tertiary/aromatic N) is 1. The summed E-state index contributed by atoms with van der Waals surface area (Å²) >= 11 is 0. The van der Waals surface area contributed by atoms with Gasteiger partial charge in [-0.25, -0.2) is 4.79 Å². The van der Waals surface area contributed by atoms with E-state index in [4.69, 9.17) is 14.6 Å². The Morgan fingerprint density at radius 2 is 2.20 bits per heavy atom. The number of furan rings is 1. The van der Waals surface area contributed by atoms with Gasteiger partial charge in [0.15, 0.2) is 5.88 Å². The molecular weight excluding hydrogens is 198 g/mol. The monoisotopic (exact) mass is 213 g/mol. The summed E-state index contributed by atoms with van der Waals surface area (Å²) in [5.74, 6) is -0.709. The van der Waals surface area contributed by atoms with E-state index in [2.05, 4.69) is 0 Å². The molecule has 0 aliphatic carbocycles. The molecule has 1 aromatic rings. The Morgan fingerprint density at radius 3 is 2.60 bits per heavy atom. The Morgan fingerprint density at radius 1 is 1.53 bits per heavy atom. The highest BCUT2D eigenvalue weighted by Gasteiger charge is 2.16. The molecule has 0 fully saturated rings. The first-order valence-corrected chi connectivity index (χ1v) is 4.77. The summed E-state index contributed by atoms with van der Waals surface area (Å²) in [7, 11) is 0. The molecule has 1 rings (SSSR count). The molecule has 84 valence electrons. The maximum atomic E-state index is 10.6. The fourth-order valence-electron chi connectivity index (χ4n) is 1.33. The van der Waals surface area contributed by atoms with Crippen molar-refractivity contribution in [2.24, 2.45) is 0 Å². The highest BCUT2D eigenvalue weighted by atomic mass is 16.4. The molecule has 0 bridgehead atoms. The van der Waals surface area contributed by atoms with Gasteiger partial charge in [0, 0.05) is 18.7 Å². The fourth-order valence-corrected chi connectivity index (χ4v) is 1.33. The lowest BCUT2D eigenvalue weighted by atomic mass is 10.3. The van der Waals surface area contributed by atoms with E-state index in [1.807, 2.05) is 13.8 Å². The number of aliphatic hydroxyl groups is 1. The van der Waals surface area contributed by atoms with Crippen LogP contribution < -0.4 is 4.90 Å². The third kappa shape index (κ3) is 2.73. The van der Waals surface area contributed by atoms with E-state index in [-0.39, 0.29) is 18.4 Å².